The maximum atomic E-state index is 11.2. The fraction of sp³-hybridized carbons (Fsp3) is 0.750. The van der Waals surface area contributed by atoms with Gasteiger partial charge in [0.05, 0.1) is 0 Å². The van der Waals surface area contributed by atoms with Crippen LogP contribution in [0.1, 0.15) is 45.4 Å². The molecule has 0 bridgehead atoms. The van der Waals surface area contributed by atoms with E-state index in [2.05, 4.69) is 11.8 Å². The molecule has 0 saturated carbocycles. The van der Waals surface area contributed by atoms with Crippen molar-refractivity contribution < 1.29 is 4.79 Å². The molecule has 0 spiro atoms. The molecule has 2 rings (SSSR count). The summed E-state index contributed by atoms with van der Waals surface area (Å²) in [4.78, 5) is 13.7. The van der Waals surface area contributed by atoms with E-state index in [1.54, 1.807) is 0 Å². The van der Waals surface area contributed by atoms with E-state index >= 15 is 0 Å². The summed E-state index contributed by atoms with van der Waals surface area (Å²) in [6.45, 7) is 3.41. The molecule has 2 aliphatic rings. The van der Waals surface area contributed by atoms with Gasteiger partial charge in [-0.15, -0.1) is 0 Å². The van der Waals surface area contributed by atoms with Gasteiger partial charge in [-0.1, -0.05) is 6.92 Å². The summed E-state index contributed by atoms with van der Waals surface area (Å²) in [5.41, 5.74) is 1.31. The van der Waals surface area contributed by atoms with Crippen molar-refractivity contribution in [2.45, 2.75) is 51.5 Å². The topological polar surface area (TPSA) is 20.3 Å². The first-order valence-electron chi connectivity index (χ1n) is 5.81. The van der Waals surface area contributed by atoms with Gasteiger partial charge in [0.2, 0.25) is 0 Å². The summed E-state index contributed by atoms with van der Waals surface area (Å²) in [6, 6.07) is 0.695. The van der Waals surface area contributed by atoms with E-state index in [0.29, 0.717) is 11.8 Å². The Labute approximate surface area is 86.0 Å². The van der Waals surface area contributed by atoms with Crippen LogP contribution in [0, 0.1) is 0 Å². The van der Waals surface area contributed by atoms with E-state index in [0.717, 1.165) is 19.4 Å². The molecule has 2 heteroatoms. The van der Waals surface area contributed by atoms with Crippen molar-refractivity contribution >= 4 is 5.78 Å². The first-order chi connectivity index (χ1) is 6.81. The number of ketones is 1. The Hall–Kier alpha value is -0.790. The summed E-state index contributed by atoms with van der Waals surface area (Å²) < 4.78 is 0. The molecule has 1 heterocycles. The Kier molecular flexibility index (Phi) is 2.90. The van der Waals surface area contributed by atoms with Crippen LogP contribution in [0.25, 0.3) is 0 Å². The Balaban J connectivity index is 2.07. The summed E-state index contributed by atoms with van der Waals surface area (Å²) in [6.07, 6.45) is 8.76. The second kappa shape index (κ2) is 4.16. The molecule has 1 aliphatic heterocycles. The minimum Gasteiger partial charge on any atom is -0.372 e. The lowest BCUT2D eigenvalue weighted by Crippen LogP contribution is -2.37. The SMILES string of the molecule is CCC1CCCCN1C1=CC(=O)CC1. The first-order valence-corrected chi connectivity index (χ1v) is 5.81. The zero-order chi connectivity index (χ0) is 9.97. The molecule has 0 N–H and O–H groups in total. The van der Waals surface area contributed by atoms with Crippen LogP contribution >= 0.6 is 0 Å². The van der Waals surface area contributed by atoms with Crippen LogP contribution in [-0.4, -0.2) is 23.3 Å². The number of likely N-dealkylation sites (tertiary alicyclic amines) is 1. The van der Waals surface area contributed by atoms with Crippen molar-refractivity contribution in [2.24, 2.45) is 0 Å². The molecule has 0 aromatic heterocycles. The summed E-state index contributed by atoms with van der Waals surface area (Å²) in [5, 5.41) is 0. The minimum absolute atomic E-state index is 0.320. The predicted octanol–water partition coefficient (Wildman–Crippen LogP) is 2.50. The van der Waals surface area contributed by atoms with Gasteiger partial charge in [0.1, 0.15) is 0 Å². The predicted molar refractivity (Wildman–Crippen MR) is 57.0 cm³/mol. The molecule has 1 fully saturated rings. The molecule has 0 amide bonds. The molecule has 2 nitrogen and oxygen atoms in total. The van der Waals surface area contributed by atoms with Crippen LogP contribution in [0.5, 0.6) is 0 Å². The standard InChI is InChI=1S/C12H19NO/c1-2-10-5-3-4-8-13(10)11-6-7-12(14)9-11/h9-10H,2-8H2,1H3. The third kappa shape index (κ3) is 1.84. The van der Waals surface area contributed by atoms with Crippen LogP contribution < -0.4 is 0 Å². The van der Waals surface area contributed by atoms with E-state index in [9.17, 15) is 4.79 Å². The fourth-order valence-electron chi connectivity index (χ4n) is 2.61. The Morgan fingerprint density at radius 1 is 1.43 bits per heavy atom. The van der Waals surface area contributed by atoms with E-state index in [4.69, 9.17) is 0 Å². The summed E-state index contributed by atoms with van der Waals surface area (Å²) >= 11 is 0. The molecule has 1 aliphatic carbocycles. The average molecular weight is 193 g/mol. The van der Waals surface area contributed by atoms with Crippen molar-refractivity contribution in [3.05, 3.63) is 11.8 Å². The Morgan fingerprint density at radius 3 is 2.93 bits per heavy atom. The number of piperidine rings is 1. The van der Waals surface area contributed by atoms with Crippen LogP contribution in [0.15, 0.2) is 11.8 Å². The van der Waals surface area contributed by atoms with Crippen molar-refractivity contribution in [3.63, 3.8) is 0 Å². The van der Waals surface area contributed by atoms with Gasteiger partial charge < -0.3 is 4.90 Å². The molecule has 1 atom stereocenters. The number of nitrogens with zero attached hydrogens (tertiary/aromatic N) is 1. The van der Waals surface area contributed by atoms with Gasteiger partial charge in [-0.3, -0.25) is 4.79 Å². The lowest BCUT2D eigenvalue weighted by Gasteiger charge is -2.37. The quantitative estimate of drug-likeness (QED) is 0.671. The molecular weight excluding hydrogens is 174 g/mol. The van der Waals surface area contributed by atoms with Crippen molar-refractivity contribution in [1.29, 1.82) is 0 Å². The molecule has 0 aromatic rings. The smallest absolute Gasteiger partial charge is 0.157 e. The molecule has 78 valence electrons. The maximum Gasteiger partial charge on any atom is 0.157 e. The molecule has 0 radical (unpaired) electrons. The van der Waals surface area contributed by atoms with E-state index in [1.807, 2.05) is 6.08 Å². The molecule has 14 heavy (non-hydrogen) atoms. The number of allylic oxidation sites excluding steroid dienone is 2. The van der Waals surface area contributed by atoms with Gasteiger partial charge >= 0.3 is 0 Å². The number of carbonyl (C=O) groups excluding carboxylic acids is 1. The van der Waals surface area contributed by atoms with Gasteiger partial charge in [-0.25, -0.2) is 0 Å². The molecule has 1 saturated heterocycles. The Morgan fingerprint density at radius 2 is 2.29 bits per heavy atom. The normalized spacial score (nSPS) is 28.1. The number of hydrogen-bond acceptors (Lipinski definition) is 2. The van der Waals surface area contributed by atoms with Crippen LogP contribution in [0.4, 0.5) is 0 Å². The summed E-state index contributed by atoms with van der Waals surface area (Å²) in [7, 11) is 0. The molecular formula is C12H19NO. The van der Waals surface area contributed by atoms with Crippen LogP contribution in [-0.2, 0) is 4.79 Å². The van der Waals surface area contributed by atoms with E-state index in [1.165, 1.54) is 31.4 Å². The second-order valence-corrected chi connectivity index (χ2v) is 4.35. The van der Waals surface area contributed by atoms with Crippen molar-refractivity contribution in [3.8, 4) is 0 Å². The zero-order valence-electron chi connectivity index (χ0n) is 8.96. The van der Waals surface area contributed by atoms with Gasteiger partial charge in [0, 0.05) is 30.8 Å². The average Bonchev–Trinajstić information content (AvgIpc) is 2.65. The minimum atomic E-state index is 0.320. The van der Waals surface area contributed by atoms with Gasteiger partial charge in [-0.05, 0) is 32.1 Å². The van der Waals surface area contributed by atoms with Gasteiger partial charge in [0.25, 0.3) is 0 Å². The van der Waals surface area contributed by atoms with Crippen LogP contribution in [0.2, 0.25) is 0 Å². The van der Waals surface area contributed by atoms with Crippen LogP contribution in [0.3, 0.4) is 0 Å². The highest BCUT2D eigenvalue weighted by molar-refractivity contribution is 5.92. The second-order valence-electron chi connectivity index (χ2n) is 4.35. The van der Waals surface area contributed by atoms with Crippen molar-refractivity contribution in [2.75, 3.05) is 6.54 Å². The maximum absolute atomic E-state index is 11.2. The number of rotatable bonds is 2. The van der Waals surface area contributed by atoms with Gasteiger partial charge in [0.15, 0.2) is 5.78 Å². The third-order valence-electron chi connectivity index (χ3n) is 3.42. The highest BCUT2D eigenvalue weighted by atomic mass is 16.1. The fourth-order valence-corrected chi connectivity index (χ4v) is 2.61. The summed E-state index contributed by atoms with van der Waals surface area (Å²) in [5.74, 6) is 0.320. The van der Waals surface area contributed by atoms with E-state index in [-0.39, 0.29) is 0 Å². The number of hydrogen-bond donors (Lipinski definition) is 0. The van der Waals surface area contributed by atoms with E-state index < -0.39 is 0 Å². The highest BCUT2D eigenvalue weighted by Crippen LogP contribution is 2.28. The molecule has 0 aromatic carbocycles. The van der Waals surface area contributed by atoms with Gasteiger partial charge in [-0.2, -0.15) is 0 Å². The lowest BCUT2D eigenvalue weighted by atomic mass is 9.99. The largest absolute Gasteiger partial charge is 0.372 e. The monoisotopic (exact) mass is 193 g/mol. The lowest BCUT2D eigenvalue weighted by molar-refractivity contribution is -0.114. The molecule has 1 unspecified atom stereocenters. The highest BCUT2D eigenvalue weighted by Gasteiger charge is 2.25. The zero-order valence-corrected chi connectivity index (χ0v) is 8.96. The third-order valence-corrected chi connectivity index (χ3v) is 3.42. The first kappa shape index (κ1) is 9.75. The number of carbonyl (C=O) groups is 1. The Bertz CT molecular complexity index is 257. The van der Waals surface area contributed by atoms with Crippen molar-refractivity contribution in [1.82, 2.24) is 4.90 Å².